The molecule has 2 N–H and O–H groups in total. The van der Waals surface area contributed by atoms with Crippen molar-refractivity contribution in [3.63, 3.8) is 0 Å². The van der Waals surface area contributed by atoms with E-state index in [2.05, 4.69) is 10.2 Å². The number of benzene rings is 1. The van der Waals surface area contributed by atoms with Gasteiger partial charge in [0.05, 0.1) is 6.20 Å². The van der Waals surface area contributed by atoms with Gasteiger partial charge in [-0.2, -0.15) is 5.10 Å². The van der Waals surface area contributed by atoms with Crippen molar-refractivity contribution in [2.24, 2.45) is 0 Å². The Bertz CT molecular complexity index is 745. The molecule has 0 fully saturated rings. The standard InChI is InChI=1S/C13H10N2O3/c16-11-3-1-9-2-4-12(17)18-13(9)10(11)5-8-6-14-15-7-8/h1-4,6-7,16H,5H2,(H,14,15). The molecule has 5 heteroatoms. The molecule has 0 saturated heterocycles. The fourth-order valence-corrected chi connectivity index (χ4v) is 1.93. The van der Waals surface area contributed by atoms with E-state index in [1.165, 1.54) is 6.07 Å². The van der Waals surface area contributed by atoms with E-state index in [9.17, 15) is 9.90 Å². The largest absolute Gasteiger partial charge is 0.508 e. The molecule has 90 valence electrons. The summed E-state index contributed by atoms with van der Waals surface area (Å²) in [7, 11) is 0. The van der Waals surface area contributed by atoms with Crippen LogP contribution in [0.3, 0.4) is 0 Å². The maximum atomic E-state index is 11.3. The van der Waals surface area contributed by atoms with Gasteiger partial charge in [0, 0.05) is 29.6 Å². The average molecular weight is 242 g/mol. The third kappa shape index (κ3) is 1.75. The minimum Gasteiger partial charge on any atom is -0.508 e. The number of fused-ring (bicyclic) bond motifs is 1. The van der Waals surface area contributed by atoms with Gasteiger partial charge >= 0.3 is 5.63 Å². The van der Waals surface area contributed by atoms with Crippen LogP contribution in [-0.2, 0) is 6.42 Å². The van der Waals surface area contributed by atoms with Crippen LogP contribution in [0.4, 0.5) is 0 Å². The average Bonchev–Trinajstić information content (AvgIpc) is 2.86. The van der Waals surface area contributed by atoms with Gasteiger partial charge in [-0.05, 0) is 23.8 Å². The Kier molecular flexibility index (Phi) is 2.37. The molecular weight excluding hydrogens is 232 g/mol. The Morgan fingerprint density at radius 2 is 2.11 bits per heavy atom. The Hall–Kier alpha value is -2.56. The Balaban J connectivity index is 2.22. The number of phenolic OH excluding ortho intramolecular Hbond substituents is 1. The molecule has 0 unspecified atom stereocenters. The zero-order valence-corrected chi connectivity index (χ0v) is 9.38. The van der Waals surface area contributed by atoms with Gasteiger partial charge in [-0.3, -0.25) is 5.10 Å². The van der Waals surface area contributed by atoms with Crippen LogP contribution in [0, 0.1) is 0 Å². The number of aromatic nitrogens is 2. The van der Waals surface area contributed by atoms with Crippen LogP contribution in [0.25, 0.3) is 11.0 Å². The molecule has 0 aliphatic rings. The first-order valence-electron chi connectivity index (χ1n) is 5.46. The lowest BCUT2D eigenvalue weighted by atomic mass is 10.0. The van der Waals surface area contributed by atoms with E-state index >= 15 is 0 Å². The second-order valence-electron chi connectivity index (χ2n) is 4.02. The first kappa shape index (κ1) is 10.6. The minimum atomic E-state index is -0.429. The first-order valence-corrected chi connectivity index (χ1v) is 5.46. The molecule has 0 bridgehead atoms. The van der Waals surface area contributed by atoms with Crippen LogP contribution in [0.1, 0.15) is 11.1 Å². The number of H-pyrrole nitrogens is 1. The molecule has 0 saturated carbocycles. The Morgan fingerprint density at radius 1 is 1.28 bits per heavy atom. The van der Waals surface area contributed by atoms with E-state index in [1.54, 1.807) is 30.6 Å². The predicted octanol–water partition coefficient (Wildman–Crippen LogP) is 1.81. The summed E-state index contributed by atoms with van der Waals surface area (Å²) in [6, 6.07) is 6.35. The van der Waals surface area contributed by atoms with Crippen molar-refractivity contribution in [2.75, 3.05) is 0 Å². The third-order valence-electron chi connectivity index (χ3n) is 2.80. The van der Waals surface area contributed by atoms with Crippen molar-refractivity contribution in [1.82, 2.24) is 10.2 Å². The topological polar surface area (TPSA) is 79.1 Å². The lowest BCUT2D eigenvalue weighted by Gasteiger charge is -2.06. The highest BCUT2D eigenvalue weighted by molar-refractivity contribution is 5.82. The molecule has 0 aliphatic heterocycles. The Morgan fingerprint density at radius 3 is 2.89 bits per heavy atom. The molecule has 18 heavy (non-hydrogen) atoms. The summed E-state index contributed by atoms with van der Waals surface area (Å²) in [6.45, 7) is 0. The molecule has 0 aliphatic carbocycles. The predicted molar refractivity (Wildman–Crippen MR) is 65.5 cm³/mol. The molecule has 3 rings (SSSR count). The van der Waals surface area contributed by atoms with Gasteiger partial charge in [0.2, 0.25) is 0 Å². The van der Waals surface area contributed by atoms with E-state index in [-0.39, 0.29) is 5.75 Å². The first-order chi connectivity index (χ1) is 8.74. The number of nitrogens with zero attached hydrogens (tertiary/aromatic N) is 1. The van der Waals surface area contributed by atoms with Crippen molar-refractivity contribution in [1.29, 1.82) is 0 Å². The summed E-state index contributed by atoms with van der Waals surface area (Å²) in [5.74, 6) is 0.109. The Labute approximate surface area is 102 Å². The van der Waals surface area contributed by atoms with Gasteiger partial charge in [0.15, 0.2) is 0 Å². The van der Waals surface area contributed by atoms with E-state index in [0.29, 0.717) is 17.6 Å². The highest BCUT2D eigenvalue weighted by Gasteiger charge is 2.11. The van der Waals surface area contributed by atoms with E-state index in [4.69, 9.17) is 4.42 Å². The van der Waals surface area contributed by atoms with Crippen LogP contribution in [0.5, 0.6) is 5.75 Å². The van der Waals surface area contributed by atoms with Crippen LogP contribution < -0.4 is 5.63 Å². The molecule has 2 aromatic heterocycles. The molecule has 0 amide bonds. The zero-order valence-electron chi connectivity index (χ0n) is 9.38. The van der Waals surface area contributed by atoms with Gasteiger partial charge in [-0.25, -0.2) is 4.79 Å². The van der Waals surface area contributed by atoms with E-state index in [0.717, 1.165) is 10.9 Å². The summed E-state index contributed by atoms with van der Waals surface area (Å²) in [5.41, 5.74) is 1.49. The summed E-state index contributed by atoms with van der Waals surface area (Å²) in [6.07, 6.45) is 3.85. The van der Waals surface area contributed by atoms with Gasteiger partial charge < -0.3 is 9.52 Å². The van der Waals surface area contributed by atoms with Crippen molar-refractivity contribution < 1.29 is 9.52 Å². The molecule has 0 atom stereocenters. The van der Waals surface area contributed by atoms with E-state index in [1.807, 2.05) is 0 Å². The molecule has 0 radical (unpaired) electrons. The highest BCUT2D eigenvalue weighted by atomic mass is 16.4. The van der Waals surface area contributed by atoms with Gasteiger partial charge in [-0.15, -0.1) is 0 Å². The number of hydrogen-bond donors (Lipinski definition) is 2. The molecule has 0 spiro atoms. The van der Waals surface area contributed by atoms with Crippen molar-refractivity contribution >= 4 is 11.0 Å². The quantitative estimate of drug-likeness (QED) is 0.672. The second kappa shape index (κ2) is 4.03. The van der Waals surface area contributed by atoms with Gasteiger partial charge in [0.25, 0.3) is 0 Å². The summed E-state index contributed by atoms with van der Waals surface area (Å²) >= 11 is 0. The monoisotopic (exact) mass is 242 g/mol. The van der Waals surface area contributed by atoms with Gasteiger partial charge in [-0.1, -0.05) is 0 Å². The van der Waals surface area contributed by atoms with Crippen LogP contribution in [0.15, 0.2) is 45.9 Å². The lowest BCUT2D eigenvalue weighted by molar-refractivity contribution is 0.466. The van der Waals surface area contributed by atoms with Crippen molar-refractivity contribution in [3.8, 4) is 5.75 Å². The molecular formula is C13H10N2O3. The highest BCUT2D eigenvalue weighted by Crippen LogP contribution is 2.28. The zero-order chi connectivity index (χ0) is 12.5. The minimum absolute atomic E-state index is 0.109. The second-order valence-corrected chi connectivity index (χ2v) is 4.02. The number of aromatic hydroxyl groups is 1. The number of rotatable bonds is 2. The maximum absolute atomic E-state index is 11.3. The summed E-state index contributed by atoms with van der Waals surface area (Å²) < 4.78 is 5.18. The normalized spacial score (nSPS) is 10.9. The fraction of sp³-hybridized carbons (Fsp3) is 0.0769. The van der Waals surface area contributed by atoms with Gasteiger partial charge in [0.1, 0.15) is 11.3 Å². The molecule has 2 heterocycles. The number of nitrogens with one attached hydrogen (secondary N) is 1. The molecule has 3 aromatic rings. The maximum Gasteiger partial charge on any atom is 0.336 e. The smallest absolute Gasteiger partial charge is 0.336 e. The van der Waals surface area contributed by atoms with Crippen molar-refractivity contribution in [3.05, 3.63) is 58.2 Å². The van der Waals surface area contributed by atoms with Crippen LogP contribution in [0.2, 0.25) is 0 Å². The van der Waals surface area contributed by atoms with Crippen LogP contribution in [-0.4, -0.2) is 15.3 Å². The van der Waals surface area contributed by atoms with Crippen molar-refractivity contribution in [2.45, 2.75) is 6.42 Å². The SMILES string of the molecule is O=c1ccc2ccc(O)c(Cc3cn[nH]c3)c2o1. The lowest BCUT2D eigenvalue weighted by Crippen LogP contribution is -1.97. The number of hydrogen-bond acceptors (Lipinski definition) is 4. The number of aromatic amines is 1. The number of phenols is 1. The third-order valence-corrected chi connectivity index (χ3v) is 2.80. The molecule has 5 nitrogen and oxygen atoms in total. The molecule has 1 aromatic carbocycles. The summed E-state index contributed by atoms with van der Waals surface area (Å²) in [4.78, 5) is 11.3. The fourth-order valence-electron chi connectivity index (χ4n) is 1.93. The van der Waals surface area contributed by atoms with E-state index < -0.39 is 5.63 Å². The van der Waals surface area contributed by atoms with Crippen LogP contribution >= 0.6 is 0 Å². The summed E-state index contributed by atoms with van der Waals surface area (Å²) in [5, 5.41) is 17.2.